The topological polar surface area (TPSA) is 49.6 Å². The summed E-state index contributed by atoms with van der Waals surface area (Å²) in [7, 11) is 0. The number of piperidine rings is 1. The van der Waals surface area contributed by atoms with Crippen LogP contribution in [0.1, 0.15) is 50.5 Å². The molecule has 2 aliphatic heterocycles. The lowest BCUT2D eigenvalue weighted by atomic mass is 9.76. The fourth-order valence-corrected chi connectivity index (χ4v) is 5.21. The minimum absolute atomic E-state index is 0.0323. The Morgan fingerprint density at radius 3 is 2.30 bits per heavy atom. The Balaban J connectivity index is 1.35. The molecule has 3 aliphatic rings. The predicted molar refractivity (Wildman–Crippen MR) is 99.9 cm³/mol. The molecule has 0 aromatic heterocycles. The van der Waals surface area contributed by atoms with Crippen LogP contribution in [0.25, 0.3) is 0 Å². The first kappa shape index (κ1) is 18.8. The van der Waals surface area contributed by atoms with Crippen LogP contribution < -0.4 is 5.73 Å². The van der Waals surface area contributed by atoms with Gasteiger partial charge in [-0.15, -0.1) is 0 Å². The van der Waals surface area contributed by atoms with Crippen LogP contribution >= 0.6 is 0 Å². The average molecular weight is 377 g/mol. The number of nitrogens with two attached hydrogens (primary N) is 1. The minimum atomic E-state index is -0.591. The van der Waals surface area contributed by atoms with Gasteiger partial charge in [-0.05, 0) is 74.7 Å². The van der Waals surface area contributed by atoms with Gasteiger partial charge in [0.2, 0.25) is 5.91 Å². The first-order chi connectivity index (χ1) is 12.9. The third-order valence-corrected chi connectivity index (χ3v) is 6.82. The standard InChI is InChI=1S/C21H29F2N3O/c22-16-9-15(10-17(23)11-16)13-26-14-21(12-20(26)27)5-7-25(8-6-21)19-3-1-18(24)2-4-19/h9-11,18-19H,1-8,12-14,24H2. The Labute approximate surface area is 159 Å². The van der Waals surface area contributed by atoms with E-state index in [1.165, 1.54) is 25.0 Å². The van der Waals surface area contributed by atoms with Crippen molar-refractivity contribution in [3.8, 4) is 0 Å². The number of benzene rings is 1. The van der Waals surface area contributed by atoms with E-state index in [0.29, 0.717) is 37.2 Å². The van der Waals surface area contributed by atoms with Crippen LogP contribution in [0.3, 0.4) is 0 Å². The third kappa shape index (κ3) is 4.16. The van der Waals surface area contributed by atoms with Crippen molar-refractivity contribution in [2.45, 2.75) is 63.6 Å². The van der Waals surface area contributed by atoms with Crippen LogP contribution in [0.4, 0.5) is 8.78 Å². The van der Waals surface area contributed by atoms with E-state index < -0.39 is 11.6 Å². The van der Waals surface area contributed by atoms with Crippen LogP contribution in [0.15, 0.2) is 18.2 Å². The normalized spacial score (nSPS) is 28.9. The van der Waals surface area contributed by atoms with E-state index in [2.05, 4.69) is 4.90 Å². The number of nitrogens with zero attached hydrogens (tertiary/aromatic N) is 2. The highest BCUT2D eigenvalue weighted by atomic mass is 19.1. The van der Waals surface area contributed by atoms with Crippen LogP contribution in [0, 0.1) is 17.0 Å². The van der Waals surface area contributed by atoms with Gasteiger partial charge >= 0.3 is 0 Å². The van der Waals surface area contributed by atoms with Crippen molar-refractivity contribution < 1.29 is 13.6 Å². The average Bonchev–Trinajstić information content (AvgIpc) is 2.90. The molecule has 148 valence electrons. The fourth-order valence-electron chi connectivity index (χ4n) is 5.21. The van der Waals surface area contributed by atoms with Gasteiger partial charge in [-0.2, -0.15) is 0 Å². The molecule has 2 heterocycles. The Bertz CT molecular complexity index is 674. The molecule has 1 amide bonds. The van der Waals surface area contributed by atoms with Crippen molar-refractivity contribution >= 4 is 5.91 Å². The fraction of sp³-hybridized carbons (Fsp3) is 0.667. The first-order valence-corrected chi connectivity index (χ1v) is 10.1. The minimum Gasteiger partial charge on any atom is -0.338 e. The molecule has 2 N–H and O–H groups in total. The number of hydrogen-bond acceptors (Lipinski definition) is 3. The molecule has 1 saturated carbocycles. The van der Waals surface area contributed by atoms with Gasteiger partial charge < -0.3 is 15.5 Å². The molecule has 2 saturated heterocycles. The number of halogens is 2. The van der Waals surface area contributed by atoms with E-state index in [4.69, 9.17) is 5.73 Å². The van der Waals surface area contributed by atoms with Crippen molar-refractivity contribution in [1.82, 2.24) is 9.80 Å². The lowest BCUT2D eigenvalue weighted by Crippen LogP contribution is -2.48. The van der Waals surface area contributed by atoms with Gasteiger partial charge in [-0.3, -0.25) is 4.79 Å². The molecule has 1 aliphatic carbocycles. The van der Waals surface area contributed by atoms with E-state index in [-0.39, 0.29) is 11.3 Å². The molecule has 0 atom stereocenters. The second-order valence-electron chi connectivity index (χ2n) is 8.81. The van der Waals surface area contributed by atoms with Gasteiger partial charge in [0.05, 0.1) is 0 Å². The van der Waals surface area contributed by atoms with Crippen LogP contribution in [0.5, 0.6) is 0 Å². The Kier molecular flexibility index (Phi) is 5.21. The summed E-state index contributed by atoms with van der Waals surface area (Å²) < 4.78 is 26.9. The highest BCUT2D eigenvalue weighted by Gasteiger charge is 2.45. The Morgan fingerprint density at radius 1 is 1.04 bits per heavy atom. The Hall–Kier alpha value is -1.53. The molecule has 6 heteroatoms. The van der Waals surface area contributed by atoms with Crippen molar-refractivity contribution in [3.63, 3.8) is 0 Å². The monoisotopic (exact) mass is 377 g/mol. The zero-order valence-corrected chi connectivity index (χ0v) is 15.8. The molecule has 0 unspecified atom stereocenters. The van der Waals surface area contributed by atoms with Crippen molar-refractivity contribution in [2.75, 3.05) is 19.6 Å². The maximum atomic E-state index is 13.4. The third-order valence-electron chi connectivity index (χ3n) is 6.82. The summed E-state index contributed by atoms with van der Waals surface area (Å²) in [5, 5.41) is 0. The van der Waals surface area contributed by atoms with Gasteiger partial charge in [-0.25, -0.2) is 8.78 Å². The van der Waals surface area contributed by atoms with E-state index in [1.54, 1.807) is 4.90 Å². The Morgan fingerprint density at radius 2 is 1.67 bits per heavy atom. The van der Waals surface area contributed by atoms with Gasteiger partial charge in [0.15, 0.2) is 0 Å². The summed E-state index contributed by atoms with van der Waals surface area (Å²) in [5.41, 5.74) is 6.58. The second kappa shape index (κ2) is 7.47. The smallest absolute Gasteiger partial charge is 0.223 e. The zero-order valence-electron chi connectivity index (χ0n) is 15.8. The number of amides is 1. The molecule has 27 heavy (non-hydrogen) atoms. The molecule has 3 fully saturated rings. The summed E-state index contributed by atoms with van der Waals surface area (Å²) in [6.45, 7) is 3.07. The SMILES string of the molecule is NC1CCC(N2CCC3(CC2)CC(=O)N(Cc2cc(F)cc(F)c2)C3)CC1. The second-order valence-corrected chi connectivity index (χ2v) is 8.81. The zero-order chi connectivity index (χ0) is 19.0. The molecule has 0 bridgehead atoms. The molecule has 4 nitrogen and oxygen atoms in total. The summed E-state index contributed by atoms with van der Waals surface area (Å²) >= 11 is 0. The highest BCUT2D eigenvalue weighted by molar-refractivity contribution is 5.79. The van der Waals surface area contributed by atoms with Crippen LogP contribution in [-0.2, 0) is 11.3 Å². The quantitative estimate of drug-likeness (QED) is 0.881. The van der Waals surface area contributed by atoms with Gasteiger partial charge in [0.1, 0.15) is 11.6 Å². The van der Waals surface area contributed by atoms with Gasteiger partial charge in [0.25, 0.3) is 0 Å². The summed E-state index contributed by atoms with van der Waals surface area (Å²) in [5.74, 6) is -1.07. The molecule has 1 spiro atoms. The molecule has 1 aromatic carbocycles. The summed E-state index contributed by atoms with van der Waals surface area (Å²) in [6, 6.07) is 4.51. The number of likely N-dealkylation sites (tertiary alicyclic amines) is 2. The van der Waals surface area contributed by atoms with Crippen molar-refractivity contribution in [2.24, 2.45) is 11.1 Å². The van der Waals surface area contributed by atoms with E-state index >= 15 is 0 Å². The van der Waals surface area contributed by atoms with Crippen LogP contribution in [0.2, 0.25) is 0 Å². The maximum absolute atomic E-state index is 13.4. The van der Waals surface area contributed by atoms with Crippen molar-refractivity contribution in [1.29, 1.82) is 0 Å². The molecule has 0 radical (unpaired) electrons. The lowest BCUT2D eigenvalue weighted by molar-refractivity contribution is -0.128. The number of carbonyl (C=O) groups excluding carboxylic acids is 1. The highest BCUT2D eigenvalue weighted by Crippen LogP contribution is 2.42. The van der Waals surface area contributed by atoms with Crippen molar-refractivity contribution in [3.05, 3.63) is 35.4 Å². The van der Waals surface area contributed by atoms with E-state index in [9.17, 15) is 13.6 Å². The van der Waals surface area contributed by atoms with Gasteiger partial charge in [-0.1, -0.05) is 0 Å². The largest absolute Gasteiger partial charge is 0.338 e. The van der Waals surface area contributed by atoms with Gasteiger partial charge in [0, 0.05) is 37.7 Å². The molecule has 1 aromatic rings. The first-order valence-electron chi connectivity index (χ1n) is 10.1. The maximum Gasteiger partial charge on any atom is 0.223 e. The molecule has 4 rings (SSSR count). The number of carbonyl (C=O) groups is 1. The van der Waals surface area contributed by atoms with Crippen LogP contribution in [-0.4, -0.2) is 47.4 Å². The van der Waals surface area contributed by atoms with E-state index in [0.717, 1.165) is 44.8 Å². The number of hydrogen-bond donors (Lipinski definition) is 1. The summed E-state index contributed by atoms with van der Waals surface area (Å²) in [4.78, 5) is 16.9. The lowest BCUT2D eigenvalue weighted by Gasteiger charge is -2.44. The number of rotatable bonds is 3. The van der Waals surface area contributed by atoms with E-state index in [1.807, 2.05) is 0 Å². The molecular weight excluding hydrogens is 348 g/mol. The molecular formula is C21H29F2N3O. The predicted octanol–water partition coefficient (Wildman–Crippen LogP) is 3.05. The summed E-state index contributed by atoms with van der Waals surface area (Å²) in [6.07, 6.45) is 7.21.